The molecule has 2 rings (SSSR count). The molecule has 1 aromatic heterocycles. The third-order valence-corrected chi connectivity index (χ3v) is 5.61. The molecule has 2 heterocycles. The topological polar surface area (TPSA) is 80.8 Å². The number of guanidine groups is 1. The first kappa shape index (κ1) is 22.2. The van der Waals surface area contributed by atoms with Gasteiger partial charge in [0.25, 0.3) is 0 Å². The summed E-state index contributed by atoms with van der Waals surface area (Å²) in [4.78, 5) is 10.1. The third-order valence-electron chi connectivity index (χ3n) is 4.31. The first-order valence-corrected chi connectivity index (χ1v) is 10.3. The second kappa shape index (κ2) is 10.4. The molecule has 0 spiro atoms. The minimum atomic E-state index is -3.06. The van der Waals surface area contributed by atoms with E-state index in [0.29, 0.717) is 19.0 Å². The van der Waals surface area contributed by atoms with Gasteiger partial charge in [-0.05, 0) is 37.8 Å². The van der Waals surface area contributed by atoms with Crippen molar-refractivity contribution in [3.63, 3.8) is 0 Å². The summed E-state index contributed by atoms with van der Waals surface area (Å²) in [6.07, 6.45) is 4.94. The highest BCUT2D eigenvalue weighted by atomic mass is 127. The predicted octanol–water partition coefficient (Wildman–Crippen LogP) is 1.70. The second-order valence-electron chi connectivity index (χ2n) is 6.35. The van der Waals surface area contributed by atoms with Gasteiger partial charge in [0.05, 0.1) is 12.8 Å². The highest BCUT2D eigenvalue weighted by molar-refractivity contribution is 14.0. The van der Waals surface area contributed by atoms with Gasteiger partial charge in [-0.3, -0.25) is 4.99 Å². The van der Waals surface area contributed by atoms with Gasteiger partial charge in [0.1, 0.15) is 0 Å². The number of nitrogens with zero attached hydrogens (tertiary/aromatic N) is 3. The van der Waals surface area contributed by atoms with Crippen molar-refractivity contribution in [1.29, 1.82) is 0 Å². The van der Waals surface area contributed by atoms with Crippen LogP contribution < -0.4 is 5.32 Å². The van der Waals surface area contributed by atoms with Crippen molar-refractivity contribution in [2.75, 3.05) is 39.5 Å². The number of H-pyrrole nitrogens is 1. The molecular formula is C16H30IN5O2S. The Morgan fingerprint density at radius 2 is 2.12 bits per heavy atom. The van der Waals surface area contributed by atoms with Gasteiger partial charge in [-0.25, -0.2) is 12.7 Å². The Balaban J connectivity index is 0.00000312. The van der Waals surface area contributed by atoms with E-state index in [9.17, 15) is 8.42 Å². The molecule has 1 fully saturated rings. The zero-order valence-electron chi connectivity index (χ0n) is 15.2. The molecular weight excluding hydrogens is 453 g/mol. The van der Waals surface area contributed by atoms with Crippen LogP contribution in [0.15, 0.2) is 23.3 Å². The van der Waals surface area contributed by atoms with Crippen LogP contribution in [0.25, 0.3) is 0 Å². The van der Waals surface area contributed by atoms with Crippen LogP contribution >= 0.6 is 24.0 Å². The summed E-state index contributed by atoms with van der Waals surface area (Å²) in [5.41, 5.74) is 1.14. The van der Waals surface area contributed by atoms with E-state index in [1.165, 1.54) is 6.26 Å². The van der Waals surface area contributed by atoms with Crippen LogP contribution in [0.2, 0.25) is 0 Å². The van der Waals surface area contributed by atoms with E-state index in [2.05, 4.69) is 28.2 Å². The van der Waals surface area contributed by atoms with E-state index in [4.69, 9.17) is 4.99 Å². The van der Waals surface area contributed by atoms with E-state index < -0.39 is 10.0 Å². The van der Waals surface area contributed by atoms with E-state index in [1.54, 1.807) is 4.31 Å². The molecule has 0 aromatic carbocycles. The monoisotopic (exact) mass is 483 g/mol. The molecule has 0 aliphatic carbocycles. The molecule has 144 valence electrons. The number of hydrogen-bond acceptors (Lipinski definition) is 3. The van der Waals surface area contributed by atoms with Crippen LogP contribution in [0.1, 0.15) is 25.5 Å². The second-order valence-corrected chi connectivity index (χ2v) is 8.33. The summed E-state index contributed by atoms with van der Waals surface area (Å²) in [6.45, 7) is 5.59. The van der Waals surface area contributed by atoms with Crippen LogP contribution in [0.3, 0.4) is 0 Å². The van der Waals surface area contributed by atoms with Crippen LogP contribution in [0.4, 0.5) is 0 Å². The molecule has 7 nitrogen and oxygen atoms in total. The number of sulfonamides is 1. The van der Waals surface area contributed by atoms with Crippen molar-refractivity contribution in [2.24, 2.45) is 10.9 Å². The molecule has 1 aliphatic heterocycles. The number of nitrogens with one attached hydrogen (secondary N) is 2. The van der Waals surface area contributed by atoms with Gasteiger partial charge in [-0.15, -0.1) is 24.0 Å². The molecule has 0 amide bonds. The maximum absolute atomic E-state index is 11.6. The molecule has 25 heavy (non-hydrogen) atoms. The number of aromatic amines is 1. The summed E-state index contributed by atoms with van der Waals surface area (Å²) < 4.78 is 24.7. The van der Waals surface area contributed by atoms with Gasteiger partial charge >= 0.3 is 0 Å². The van der Waals surface area contributed by atoms with E-state index >= 15 is 0 Å². The quantitative estimate of drug-likeness (QED) is 0.367. The summed E-state index contributed by atoms with van der Waals surface area (Å²) in [5, 5.41) is 3.32. The standard InChI is InChI=1S/C16H29N5O2S.HI/c1-4-17-16(20(2)13-15-6-5-9-18-15)19-12-14-7-10-21(11-8-14)24(3,22)23;/h5-6,9,14,18H,4,7-8,10-13H2,1-3H3,(H,17,19);1H. The Labute approximate surface area is 168 Å². The van der Waals surface area contributed by atoms with Crippen molar-refractivity contribution in [3.8, 4) is 0 Å². The minimum Gasteiger partial charge on any atom is -0.364 e. The Morgan fingerprint density at radius 3 is 2.64 bits per heavy atom. The summed E-state index contributed by atoms with van der Waals surface area (Å²) in [6, 6.07) is 4.05. The molecule has 1 aliphatic rings. The lowest BCUT2D eigenvalue weighted by molar-refractivity contribution is 0.279. The Kier molecular flexibility index (Phi) is 9.22. The van der Waals surface area contributed by atoms with Crippen LogP contribution in [-0.4, -0.2) is 68.0 Å². The average Bonchev–Trinajstić information content (AvgIpc) is 3.03. The average molecular weight is 483 g/mol. The van der Waals surface area contributed by atoms with E-state index in [1.807, 2.05) is 19.3 Å². The fourth-order valence-electron chi connectivity index (χ4n) is 2.91. The Morgan fingerprint density at radius 1 is 1.44 bits per heavy atom. The van der Waals surface area contributed by atoms with Crippen molar-refractivity contribution < 1.29 is 8.42 Å². The van der Waals surface area contributed by atoms with E-state index in [0.717, 1.165) is 44.1 Å². The lowest BCUT2D eigenvalue weighted by Gasteiger charge is -2.30. The van der Waals surface area contributed by atoms with Crippen molar-refractivity contribution in [2.45, 2.75) is 26.3 Å². The number of halogens is 1. The normalized spacial score (nSPS) is 17.2. The van der Waals surface area contributed by atoms with Crippen LogP contribution in [-0.2, 0) is 16.6 Å². The fourth-order valence-corrected chi connectivity index (χ4v) is 3.78. The van der Waals surface area contributed by atoms with Crippen molar-refractivity contribution in [3.05, 3.63) is 24.0 Å². The number of aliphatic imine (C=N–C) groups is 1. The summed E-state index contributed by atoms with van der Waals surface area (Å²) in [5.74, 6) is 1.33. The number of piperidine rings is 1. The lowest BCUT2D eigenvalue weighted by Crippen LogP contribution is -2.40. The Bertz CT molecular complexity index is 625. The first-order valence-electron chi connectivity index (χ1n) is 8.47. The molecule has 0 radical (unpaired) electrons. The van der Waals surface area contributed by atoms with Crippen LogP contribution in [0, 0.1) is 5.92 Å². The number of aromatic nitrogens is 1. The maximum atomic E-state index is 11.6. The highest BCUT2D eigenvalue weighted by Gasteiger charge is 2.24. The fraction of sp³-hybridized carbons (Fsp3) is 0.688. The Hall–Kier alpha value is -0.810. The van der Waals surface area contributed by atoms with Crippen molar-refractivity contribution in [1.82, 2.24) is 19.5 Å². The minimum absolute atomic E-state index is 0. The maximum Gasteiger partial charge on any atom is 0.211 e. The molecule has 1 aromatic rings. The summed E-state index contributed by atoms with van der Waals surface area (Å²) in [7, 11) is -1.04. The SMILES string of the molecule is CCNC(=NCC1CCN(S(C)(=O)=O)CC1)N(C)Cc1ccc[nH]1.I. The first-order chi connectivity index (χ1) is 11.4. The van der Waals surface area contributed by atoms with E-state index in [-0.39, 0.29) is 24.0 Å². The summed E-state index contributed by atoms with van der Waals surface area (Å²) >= 11 is 0. The lowest BCUT2D eigenvalue weighted by atomic mass is 9.98. The molecule has 1 saturated heterocycles. The van der Waals surface area contributed by atoms with Gasteiger partial charge in [-0.2, -0.15) is 0 Å². The molecule has 9 heteroatoms. The van der Waals surface area contributed by atoms with Crippen molar-refractivity contribution >= 4 is 40.0 Å². The van der Waals surface area contributed by atoms with Crippen LogP contribution in [0.5, 0.6) is 0 Å². The molecule has 0 bridgehead atoms. The highest BCUT2D eigenvalue weighted by Crippen LogP contribution is 2.19. The van der Waals surface area contributed by atoms with Gasteiger partial charge in [-0.1, -0.05) is 0 Å². The molecule has 0 saturated carbocycles. The van der Waals surface area contributed by atoms with Gasteiger partial charge in [0.2, 0.25) is 10.0 Å². The molecule has 2 N–H and O–H groups in total. The zero-order valence-corrected chi connectivity index (χ0v) is 18.4. The van der Waals surface area contributed by atoms with Gasteiger partial charge in [0.15, 0.2) is 5.96 Å². The zero-order chi connectivity index (χ0) is 17.6. The van der Waals surface area contributed by atoms with Gasteiger partial charge < -0.3 is 15.2 Å². The smallest absolute Gasteiger partial charge is 0.211 e. The van der Waals surface area contributed by atoms with Gasteiger partial charge in [0, 0.05) is 45.1 Å². The molecule has 0 atom stereocenters. The number of hydrogen-bond donors (Lipinski definition) is 2. The largest absolute Gasteiger partial charge is 0.364 e. The molecule has 0 unspecified atom stereocenters. The number of rotatable bonds is 6. The third kappa shape index (κ3) is 7.14. The predicted molar refractivity (Wildman–Crippen MR) is 113 cm³/mol.